The lowest BCUT2D eigenvalue weighted by Crippen LogP contribution is -2.31. The largest absolute Gasteiger partial charge is 0.412 e. The number of halogens is 4. The average Bonchev–Trinajstić information content (AvgIpc) is 2.32. The molecule has 0 spiro atoms. The minimum Gasteiger partial charge on any atom is -0.399 e. The van der Waals surface area contributed by atoms with Crippen LogP contribution >= 0.6 is 0 Å². The molecule has 0 atom stereocenters. The van der Waals surface area contributed by atoms with Crippen LogP contribution < -0.4 is 5.73 Å². The van der Waals surface area contributed by atoms with Crippen molar-refractivity contribution < 1.29 is 17.6 Å². The molecule has 1 heterocycles. The smallest absolute Gasteiger partial charge is 0.399 e. The molecule has 2 nitrogen and oxygen atoms in total. The Balaban J connectivity index is 2.01. The summed E-state index contributed by atoms with van der Waals surface area (Å²) < 4.78 is 50.9. The zero-order chi connectivity index (χ0) is 14.0. The first-order valence-electron chi connectivity index (χ1n) is 5.89. The number of alkyl halides is 3. The van der Waals surface area contributed by atoms with Crippen molar-refractivity contribution in [2.45, 2.75) is 19.1 Å². The predicted molar refractivity (Wildman–Crippen MR) is 64.8 cm³/mol. The molecule has 1 aromatic rings. The summed E-state index contributed by atoms with van der Waals surface area (Å²) >= 11 is 0. The van der Waals surface area contributed by atoms with Crippen molar-refractivity contribution in [2.75, 3.05) is 18.8 Å². The Hall–Kier alpha value is -1.56. The number of nitrogens with two attached hydrogens (primary N) is 1. The topological polar surface area (TPSA) is 29.3 Å². The van der Waals surface area contributed by atoms with Gasteiger partial charge in [-0.2, -0.15) is 13.2 Å². The standard InChI is InChI=1S/C13H14F4N2/c14-12-7-11(18)2-1-9(12)8-19-5-3-10(4-6-19)13(15,16)17/h1-3,7H,4-6,8,18H2. The van der Waals surface area contributed by atoms with Gasteiger partial charge in [-0.15, -0.1) is 0 Å². The monoisotopic (exact) mass is 274 g/mol. The van der Waals surface area contributed by atoms with E-state index in [1.165, 1.54) is 12.1 Å². The lowest BCUT2D eigenvalue weighted by molar-refractivity contribution is -0.0960. The van der Waals surface area contributed by atoms with Crippen LogP contribution in [-0.2, 0) is 6.54 Å². The van der Waals surface area contributed by atoms with Crippen molar-refractivity contribution in [3.8, 4) is 0 Å². The minimum absolute atomic E-state index is 0.0555. The highest BCUT2D eigenvalue weighted by atomic mass is 19.4. The molecule has 0 saturated carbocycles. The Kier molecular flexibility index (Phi) is 3.80. The second-order valence-electron chi connectivity index (χ2n) is 4.56. The second kappa shape index (κ2) is 5.21. The molecule has 6 heteroatoms. The van der Waals surface area contributed by atoms with Crippen molar-refractivity contribution in [3.63, 3.8) is 0 Å². The molecule has 1 aliphatic heterocycles. The number of nitrogens with zero attached hydrogens (tertiary/aromatic N) is 1. The molecule has 0 saturated heterocycles. The van der Waals surface area contributed by atoms with Crippen LogP contribution in [0.25, 0.3) is 0 Å². The summed E-state index contributed by atoms with van der Waals surface area (Å²) in [6.45, 7) is 0.738. The van der Waals surface area contributed by atoms with Crippen molar-refractivity contribution in [1.82, 2.24) is 4.90 Å². The zero-order valence-electron chi connectivity index (χ0n) is 10.2. The van der Waals surface area contributed by atoms with Gasteiger partial charge in [0.05, 0.1) is 0 Å². The summed E-state index contributed by atoms with van der Waals surface area (Å²) in [5.41, 5.74) is 5.72. The van der Waals surface area contributed by atoms with E-state index in [0.717, 1.165) is 0 Å². The van der Waals surface area contributed by atoms with Crippen LogP contribution in [0.3, 0.4) is 0 Å². The Labute approximate surface area is 108 Å². The van der Waals surface area contributed by atoms with Gasteiger partial charge in [0.1, 0.15) is 5.82 Å². The molecule has 0 aliphatic carbocycles. The normalized spacial score (nSPS) is 17.4. The van der Waals surface area contributed by atoms with Crippen molar-refractivity contribution in [2.24, 2.45) is 0 Å². The van der Waals surface area contributed by atoms with E-state index >= 15 is 0 Å². The first-order chi connectivity index (χ1) is 8.86. The number of anilines is 1. The molecule has 0 fully saturated rings. The molecular weight excluding hydrogens is 260 g/mol. The molecule has 0 unspecified atom stereocenters. The van der Waals surface area contributed by atoms with Gasteiger partial charge in [0, 0.05) is 36.5 Å². The van der Waals surface area contributed by atoms with Crippen LogP contribution in [0.15, 0.2) is 29.8 Å². The maximum atomic E-state index is 13.6. The summed E-state index contributed by atoms with van der Waals surface area (Å²) in [4.78, 5) is 1.77. The summed E-state index contributed by atoms with van der Waals surface area (Å²) in [6, 6.07) is 4.36. The fourth-order valence-corrected chi connectivity index (χ4v) is 2.04. The van der Waals surface area contributed by atoms with E-state index < -0.39 is 17.6 Å². The third kappa shape index (κ3) is 3.47. The van der Waals surface area contributed by atoms with Crippen LogP contribution in [0.2, 0.25) is 0 Å². The highest BCUT2D eigenvalue weighted by Gasteiger charge is 2.34. The number of hydrogen-bond acceptors (Lipinski definition) is 2. The van der Waals surface area contributed by atoms with Gasteiger partial charge < -0.3 is 5.73 Å². The molecule has 1 aliphatic rings. The lowest BCUT2D eigenvalue weighted by atomic mass is 10.1. The lowest BCUT2D eigenvalue weighted by Gasteiger charge is -2.27. The third-order valence-corrected chi connectivity index (χ3v) is 3.13. The molecule has 2 rings (SSSR count). The number of benzene rings is 1. The van der Waals surface area contributed by atoms with E-state index in [2.05, 4.69) is 0 Å². The zero-order valence-corrected chi connectivity index (χ0v) is 10.2. The molecule has 104 valence electrons. The highest BCUT2D eigenvalue weighted by Crippen LogP contribution is 2.30. The van der Waals surface area contributed by atoms with Gasteiger partial charge >= 0.3 is 6.18 Å². The van der Waals surface area contributed by atoms with Gasteiger partial charge in [-0.25, -0.2) is 4.39 Å². The Morgan fingerprint density at radius 3 is 2.53 bits per heavy atom. The van der Waals surface area contributed by atoms with Crippen molar-refractivity contribution >= 4 is 5.69 Å². The summed E-state index contributed by atoms with van der Waals surface area (Å²) in [6.07, 6.45) is -3.14. The second-order valence-corrected chi connectivity index (χ2v) is 4.56. The number of rotatable bonds is 2. The maximum Gasteiger partial charge on any atom is 0.412 e. The molecule has 0 amide bonds. The first-order valence-corrected chi connectivity index (χ1v) is 5.89. The van der Waals surface area contributed by atoms with Crippen molar-refractivity contribution in [3.05, 3.63) is 41.2 Å². The van der Waals surface area contributed by atoms with Gasteiger partial charge in [-0.3, -0.25) is 4.90 Å². The van der Waals surface area contributed by atoms with Crippen LogP contribution in [0, 0.1) is 5.82 Å². The Morgan fingerprint density at radius 2 is 2.00 bits per heavy atom. The van der Waals surface area contributed by atoms with E-state index in [0.29, 0.717) is 11.3 Å². The van der Waals surface area contributed by atoms with Gasteiger partial charge in [-0.05, 0) is 18.6 Å². The summed E-state index contributed by atoms with van der Waals surface area (Å²) in [5.74, 6) is -0.425. The fraction of sp³-hybridized carbons (Fsp3) is 0.385. The predicted octanol–water partition coefficient (Wildman–Crippen LogP) is 3.10. The van der Waals surface area contributed by atoms with E-state index in [9.17, 15) is 17.6 Å². The molecule has 1 aromatic carbocycles. The molecule has 0 bridgehead atoms. The molecule has 19 heavy (non-hydrogen) atoms. The van der Waals surface area contributed by atoms with Crippen molar-refractivity contribution in [1.29, 1.82) is 0 Å². The van der Waals surface area contributed by atoms with Crippen LogP contribution in [0.1, 0.15) is 12.0 Å². The quantitative estimate of drug-likeness (QED) is 0.510. The Bertz CT molecular complexity index is 494. The van der Waals surface area contributed by atoms with E-state index in [1.54, 1.807) is 17.0 Å². The SMILES string of the molecule is Nc1ccc(CN2CC=C(C(F)(F)F)CC2)c(F)c1. The molecule has 0 aromatic heterocycles. The fourth-order valence-electron chi connectivity index (χ4n) is 2.04. The number of hydrogen-bond donors (Lipinski definition) is 1. The Morgan fingerprint density at radius 1 is 1.26 bits per heavy atom. The van der Waals surface area contributed by atoms with E-state index in [4.69, 9.17) is 5.73 Å². The number of nitrogen functional groups attached to an aromatic ring is 1. The van der Waals surface area contributed by atoms with Crippen LogP contribution in [0.4, 0.5) is 23.2 Å². The van der Waals surface area contributed by atoms with Gasteiger partial charge in [0.25, 0.3) is 0 Å². The first kappa shape index (κ1) is 13.9. The summed E-state index contributed by atoms with van der Waals surface area (Å²) in [5, 5.41) is 0. The summed E-state index contributed by atoms with van der Waals surface area (Å²) in [7, 11) is 0. The van der Waals surface area contributed by atoms with Crippen LogP contribution in [0.5, 0.6) is 0 Å². The molecule has 2 N–H and O–H groups in total. The minimum atomic E-state index is -4.25. The average molecular weight is 274 g/mol. The van der Waals surface area contributed by atoms with E-state index in [-0.39, 0.29) is 26.1 Å². The highest BCUT2D eigenvalue weighted by molar-refractivity contribution is 5.40. The molecule has 0 radical (unpaired) electrons. The van der Waals surface area contributed by atoms with Gasteiger partial charge in [-0.1, -0.05) is 12.1 Å². The third-order valence-electron chi connectivity index (χ3n) is 3.13. The van der Waals surface area contributed by atoms with E-state index in [1.807, 2.05) is 0 Å². The van der Waals surface area contributed by atoms with Crippen LogP contribution in [-0.4, -0.2) is 24.2 Å². The van der Waals surface area contributed by atoms with Gasteiger partial charge in [0.2, 0.25) is 0 Å². The molecular formula is C13H14F4N2. The van der Waals surface area contributed by atoms with Gasteiger partial charge in [0.15, 0.2) is 0 Å². The maximum absolute atomic E-state index is 13.6.